The van der Waals surface area contributed by atoms with Crippen LogP contribution in [-0.4, -0.2) is 12.1 Å². The van der Waals surface area contributed by atoms with E-state index in [0.717, 1.165) is 18.0 Å². The molecule has 1 nitrogen and oxygen atoms in total. The van der Waals surface area contributed by atoms with Crippen LogP contribution in [0.25, 0.3) is 0 Å². The first kappa shape index (κ1) is 16.0. The predicted octanol–water partition coefficient (Wildman–Crippen LogP) is 5.29. The van der Waals surface area contributed by atoms with Crippen LogP contribution >= 0.6 is 0 Å². The Morgan fingerprint density at radius 1 is 0.944 bits per heavy atom. The van der Waals surface area contributed by atoms with Crippen molar-refractivity contribution in [3.8, 4) is 0 Å². The third-order valence-corrected chi connectivity index (χ3v) is 4.55. The second-order valence-electron chi connectivity index (χ2n) is 6.42. The summed E-state index contributed by atoms with van der Waals surface area (Å²) in [6.07, 6.45) is 15.6. The molecule has 1 atom stereocenters. The highest BCUT2D eigenvalue weighted by Crippen LogP contribution is 2.28. The molecule has 0 heterocycles. The van der Waals surface area contributed by atoms with Crippen molar-refractivity contribution >= 4 is 0 Å². The fourth-order valence-electron chi connectivity index (χ4n) is 3.39. The second kappa shape index (κ2) is 9.83. The smallest absolute Gasteiger partial charge is 0.00697 e. The summed E-state index contributed by atoms with van der Waals surface area (Å²) in [5.41, 5.74) is 0. The molecule has 0 spiro atoms. The van der Waals surface area contributed by atoms with Crippen LogP contribution in [0.4, 0.5) is 0 Å². The number of rotatable bonds is 9. The maximum atomic E-state index is 3.86. The molecular weight excluding hydrogens is 218 g/mol. The molecule has 1 unspecified atom stereocenters. The standard InChI is InChI=1S/C17H35N/c1-4-6-7-8-10-15(3)18-17-13-11-16(9-5-2)12-14-17/h15-18H,4-14H2,1-3H3. The summed E-state index contributed by atoms with van der Waals surface area (Å²) >= 11 is 0. The highest BCUT2D eigenvalue weighted by Gasteiger charge is 2.21. The molecule has 1 rings (SSSR count). The van der Waals surface area contributed by atoms with Crippen molar-refractivity contribution < 1.29 is 0 Å². The average Bonchev–Trinajstić information content (AvgIpc) is 2.37. The third kappa shape index (κ3) is 6.78. The van der Waals surface area contributed by atoms with Crippen LogP contribution in [0.15, 0.2) is 0 Å². The maximum Gasteiger partial charge on any atom is 0.00697 e. The van der Waals surface area contributed by atoms with Crippen LogP contribution < -0.4 is 5.32 Å². The summed E-state index contributed by atoms with van der Waals surface area (Å²) in [5, 5.41) is 3.86. The Labute approximate surface area is 115 Å². The lowest BCUT2D eigenvalue weighted by Crippen LogP contribution is -2.39. The van der Waals surface area contributed by atoms with Gasteiger partial charge in [0.25, 0.3) is 0 Å². The number of hydrogen-bond donors (Lipinski definition) is 1. The summed E-state index contributed by atoms with van der Waals surface area (Å²) < 4.78 is 0. The van der Waals surface area contributed by atoms with Gasteiger partial charge in [0, 0.05) is 12.1 Å². The Bertz CT molecular complexity index is 182. The summed E-state index contributed by atoms with van der Waals surface area (Å²) in [5.74, 6) is 1.04. The van der Waals surface area contributed by atoms with Gasteiger partial charge in [-0.25, -0.2) is 0 Å². The second-order valence-corrected chi connectivity index (χ2v) is 6.42. The molecule has 0 bridgehead atoms. The Hall–Kier alpha value is -0.0400. The van der Waals surface area contributed by atoms with E-state index < -0.39 is 0 Å². The Kier molecular flexibility index (Phi) is 8.75. The summed E-state index contributed by atoms with van der Waals surface area (Å²) in [6.45, 7) is 6.99. The van der Waals surface area contributed by atoms with Gasteiger partial charge < -0.3 is 5.32 Å². The zero-order chi connectivity index (χ0) is 13.2. The van der Waals surface area contributed by atoms with Gasteiger partial charge in [-0.2, -0.15) is 0 Å². The van der Waals surface area contributed by atoms with E-state index in [9.17, 15) is 0 Å². The Morgan fingerprint density at radius 2 is 1.67 bits per heavy atom. The van der Waals surface area contributed by atoms with E-state index in [0.29, 0.717) is 0 Å². The third-order valence-electron chi connectivity index (χ3n) is 4.55. The number of nitrogens with one attached hydrogen (secondary N) is 1. The molecule has 0 aromatic rings. The van der Waals surface area contributed by atoms with Crippen LogP contribution in [0.1, 0.15) is 91.4 Å². The van der Waals surface area contributed by atoms with Crippen molar-refractivity contribution in [3.63, 3.8) is 0 Å². The molecule has 1 fully saturated rings. The molecule has 0 aromatic heterocycles. The first-order valence-corrected chi connectivity index (χ1v) is 8.52. The first-order chi connectivity index (χ1) is 8.76. The van der Waals surface area contributed by atoms with Crippen LogP contribution in [0.2, 0.25) is 0 Å². The molecule has 1 saturated carbocycles. The highest BCUT2D eigenvalue weighted by molar-refractivity contribution is 4.79. The zero-order valence-electron chi connectivity index (χ0n) is 13.0. The fourth-order valence-corrected chi connectivity index (χ4v) is 3.39. The van der Waals surface area contributed by atoms with Crippen LogP contribution in [0.3, 0.4) is 0 Å². The van der Waals surface area contributed by atoms with Crippen molar-refractivity contribution in [1.29, 1.82) is 0 Å². The fraction of sp³-hybridized carbons (Fsp3) is 1.00. The van der Waals surface area contributed by atoms with Crippen molar-refractivity contribution in [2.75, 3.05) is 0 Å². The van der Waals surface area contributed by atoms with Gasteiger partial charge in [0.1, 0.15) is 0 Å². The molecule has 1 N–H and O–H groups in total. The van der Waals surface area contributed by atoms with Gasteiger partial charge in [-0.1, -0.05) is 52.4 Å². The molecular formula is C17H35N. The van der Waals surface area contributed by atoms with Gasteiger partial charge in [0.2, 0.25) is 0 Å². The number of hydrogen-bond acceptors (Lipinski definition) is 1. The van der Waals surface area contributed by atoms with E-state index in [1.54, 1.807) is 0 Å². The maximum absolute atomic E-state index is 3.86. The predicted molar refractivity (Wildman–Crippen MR) is 82.0 cm³/mol. The highest BCUT2D eigenvalue weighted by atomic mass is 14.9. The lowest BCUT2D eigenvalue weighted by atomic mass is 9.83. The molecule has 1 heteroatoms. The van der Waals surface area contributed by atoms with E-state index >= 15 is 0 Å². The zero-order valence-corrected chi connectivity index (χ0v) is 13.0. The van der Waals surface area contributed by atoms with E-state index in [2.05, 4.69) is 26.1 Å². The minimum Gasteiger partial charge on any atom is -0.312 e. The topological polar surface area (TPSA) is 12.0 Å². The van der Waals surface area contributed by atoms with E-state index in [1.807, 2.05) is 0 Å². The van der Waals surface area contributed by atoms with Crippen LogP contribution in [0, 0.1) is 5.92 Å². The van der Waals surface area contributed by atoms with E-state index in [-0.39, 0.29) is 0 Å². The summed E-state index contributed by atoms with van der Waals surface area (Å²) in [4.78, 5) is 0. The van der Waals surface area contributed by atoms with Crippen molar-refractivity contribution in [2.24, 2.45) is 5.92 Å². The molecule has 0 saturated heterocycles. The monoisotopic (exact) mass is 253 g/mol. The van der Waals surface area contributed by atoms with E-state index in [4.69, 9.17) is 0 Å². The SMILES string of the molecule is CCCCCCC(C)NC1CCC(CCC)CC1. The van der Waals surface area contributed by atoms with Gasteiger partial charge in [0.15, 0.2) is 0 Å². The molecule has 0 aliphatic heterocycles. The summed E-state index contributed by atoms with van der Waals surface area (Å²) in [7, 11) is 0. The van der Waals surface area contributed by atoms with Gasteiger partial charge in [-0.15, -0.1) is 0 Å². The van der Waals surface area contributed by atoms with Crippen LogP contribution in [-0.2, 0) is 0 Å². The molecule has 1 aliphatic carbocycles. The van der Waals surface area contributed by atoms with Gasteiger partial charge in [0.05, 0.1) is 0 Å². The molecule has 0 amide bonds. The lowest BCUT2D eigenvalue weighted by Gasteiger charge is -2.31. The molecule has 0 radical (unpaired) electrons. The lowest BCUT2D eigenvalue weighted by molar-refractivity contribution is 0.261. The largest absolute Gasteiger partial charge is 0.312 e. The molecule has 108 valence electrons. The molecule has 18 heavy (non-hydrogen) atoms. The van der Waals surface area contributed by atoms with Crippen molar-refractivity contribution in [2.45, 2.75) is 103 Å². The van der Waals surface area contributed by atoms with Crippen molar-refractivity contribution in [1.82, 2.24) is 5.32 Å². The Balaban J connectivity index is 2.05. The minimum atomic E-state index is 0.731. The van der Waals surface area contributed by atoms with Crippen molar-refractivity contribution in [3.05, 3.63) is 0 Å². The quantitative estimate of drug-likeness (QED) is 0.550. The number of unbranched alkanes of at least 4 members (excludes halogenated alkanes) is 3. The average molecular weight is 253 g/mol. The van der Waals surface area contributed by atoms with Crippen LogP contribution in [0.5, 0.6) is 0 Å². The van der Waals surface area contributed by atoms with E-state index in [1.165, 1.54) is 70.6 Å². The van der Waals surface area contributed by atoms with Gasteiger partial charge >= 0.3 is 0 Å². The molecule has 0 aromatic carbocycles. The van der Waals surface area contributed by atoms with Gasteiger partial charge in [-0.3, -0.25) is 0 Å². The first-order valence-electron chi connectivity index (χ1n) is 8.52. The normalized spacial score (nSPS) is 26.2. The molecule has 1 aliphatic rings. The summed E-state index contributed by atoms with van der Waals surface area (Å²) in [6, 6.07) is 1.55. The van der Waals surface area contributed by atoms with Gasteiger partial charge in [-0.05, 0) is 44.9 Å². The minimum absolute atomic E-state index is 0.731. The Morgan fingerprint density at radius 3 is 2.28 bits per heavy atom.